The van der Waals surface area contributed by atoms with Gasteiger partial charge < -0.3 is 25.2 Å². The van der Waals surface area contributed by atoms with Crippen LogP contribution >= 0.6 is 0 Å². The fourth-order valence-electron chi connectivity index (χ4n) is 5.37. The Morgan fingerprint density at radius 1 is 1.13 bits per heavy atom. The molecule has 168 valence electrons. The molecule has 0 unspecified atom stereocenters. The molecule has 0 radical (unpaired) electrons. The van der Waals surface area contributed by atoms with Crippen molar-refractivity contribution in [3.63, 3.8) is 0 Å². The molecule has 1 spiro atoms. The first-order chi connectivity index (χ1) is 14.4. The number of carbonyl (C=O) groups is 4. The SMILES string of the molecule is CCNC(=O)O[C@H]1C(=O)N(C)C2(CCN(C(=O)C3CCCCC3)CC2)[C@@H]1C(=O)NC. The van der Waals surface area contributed by atoms with Crippen LogP contribution in [0.25, 0.3) is 0 Å². The van der Waals surface area contributed by atoms with Gasteiger partial charge in [-0.05, 0) is 32.6 Å². The molecule has 3 aliphatic rings. The van der Waals surface area contributed by atoms with Crippen molar-refractivity contribution in [2.45, 2.75) is 63.5 Å². The van der Waals surface area contributed by atoms with Crippen LogP contribution in [0.15, 0.2) is 0 Å². The number of carbonyl (C=O) groups excluding carboxylic acids is 4. The summed E-state index contributed by atoms with van der Waals surface area (Å²) in [6.45, 7) is 3.10. The van der Waals surface area contributed by atoms with Gasteiger partial charge in [0.15, 0.2) is 6.10 Å². The van der Waals surface area contributed by atoms with Crippen molar-refractivity contribution in [2.75, 3.05) is 33.7 Å². The summed E-state index contributed by atoms with van der Waals surface area (Å²) in [6.07, 6.45) is 4.39. The standard InChI is InChI=1S/C21H34N4O5/c1-4-23-20(29)30-16-15(17(26)22-2)21(24(3)19(16)28)10-12-25(13-11-21)18(27)14-8-6-5-7-9-14/h14-16H,4-13H2,1-3H3,(H,22,26)(H,23,29)/t15-,16+/m0/s1. The van der Waals surface area contributed by atoms with Crippen LogP contribution in [0.5, 0.6) is 0 Å². The fourth-order valence-corrected chi connectivity index (χ4v) is 5.37. The molecule has 4 amide bonds. The molecule has 30 heavy (non-hydrogen) atoms. The van der Waals surface area contributed by atoms with Gasteiger partial charge in [-0.15, -0.1) is 0 Å². The molecule has 0 bridgehead atoms. The van der Waals surface area contributed by atoms with Crippen molar-refractivity contribution >= 4 is 23.8 Å². The van der Waals surface area contributed by atoms with E-state index in [1.807, 2.05) is 4.90 Å². The van der Waals surface area contributed by atoms with E-state index in [4.69, 9.17) is 4.74 Å². The van der Waals surface area contributed by atoms with Crippen molar-refractivity contribution in [1.82, 2.24) is 20.4 Å². The lowest BCUT2D eigenvalue weighted by molar-refractivity contribution is -0.141. The van der Waals surface area contributed by atoms with Gasteiger partial charge >= 0.3 is 6.09 Å². The molecule has 1 aliphatic carbocycles. The first-order valence-corrected chi connectivity index (χ1v) is 11.1. The average molecular weight is 423 g/mol. The first-order valence-electron chi connectivity index (χ1n) is 11.1. The Bertz CT molecular complexity index is 683. The summed E-state index contributed by atoms with van der Waals surface area (Å²) >= 11 is 0. The van der Waals surface area contributed by atoms with E-state index in [9.17, 15) is 19.2 Å². The highest BCUT2D eigenvalue weighted by Gasteiger charge is 2.62. The zero-order chi connectivity index (χ0) is 21.9. The molecule has 3 fully saturated rings. The van der Waals surface area contributed by atoms with E-state index in [0.717, 1.165) is 25.7 Å². The molecular weight excluding hydrogens is 388 g/mol. The van der Waals surface area contributed by atoms with Crippen LogP contribution < -0.4 is 10.6 Å². The van der Waals surface area contributed by atoms with Gasteiger partial charge in [0, 0.05) is 39.6 Å². The zero-order valence-corrected chi connectivity index (χ0v) is 18.2. The van der Waals surface area contributed by atoms with E-state index in [2.05, 4.69) is 10.6 Å². The Labute approximate surface area is 177 Å². The summed E-state index contributed by atoms with van der Waals surface area (Å²) in [4.78, 5) is 54.2. The van der Waals surface area contributed by atoms with E-state index in [1.165, 1.54) is 13.5 Å². The van der Waals surface area contributed by atoms with Crippen LogP contribution in [0.2, 0.25) is 0 Å². The molecule has 2 N–H and O–H groups in total. The maximum Gasteiger partial charge on any atom is 0.407 e. The number of likely N-dealkylation sites (tertiary alicyclic amines) is 2. The minimum atomic E-state index is -1.16. The molecule has 2 aliphatic heterocycles. The Morgan fingerprint density at radius 3 is 2.33 bits per heavy atom. The molecule has 0 aromatic carbocycles. The topological polar surface area (TPSA) is 108 Å². The molecule has 2 saturated heterocycles. The number of piperidine rings is 1. The summed E-state index contributed by atoms with van der Waals surface area (Å²) in [7, 11) is 3.18. The number of nitrogens with zero attached hydrogens (tertiary/aromatic N) is 2. The Morgan fingerprint density at radius 2 is 1.77 bits per heavy atom. The lowest BCUT2D eigenvalue weighted by Gasteiger charge is -2.46. The minimum absolute atomic E-state index is 0.0966. The fraction of sp³-hybridized carbons (Fsp3) is 0.810. The lowest BCUT2D eigenvalue weighted by atomic mass is 9.75. The minimum Gasteiger partial charge on any atom is -0.435 e. The molecule has 2 heterocycles. The van der Waals surface area contributed by atoms with Crippen LogP contribution in [0.3, 0.4) is 0 Å². The van der Waals surface area contributed by atoms with E-state index in [-0.39, 0.29) is 23.6 Å². The quantitative estimate of drug-likeness (QED) is 0.699. The molecule has 9 nitrogen and oxygen atoms in total. The van der Waals surface area contributed by atoms with E-state index in [1.54, 1.807) is 18.9 Å². The highest BCUT2D eigenvalue weighted by molar-refractivity contribution is 5.96. The molecular formula is C21H34N4O5. The average Bonchev–Trinajstić information content (AvgIpc) is 2.95. The number of likely N-dealkylation sites (N-methyl/N-ethyl adjacent to an activating group) is 1. The van der Waals surface area contributed by atoms with Gasteiger partial charge in [-0.3, -0.25) is 14.4 Å². The van der Waals surface area contributed by atoms with Crippen LogP contribution in [0, 0.1) is 11.8 Å². The van der Waals surface area contributed by atoms with Gasteiger partial charge in [0.1, 0.15) is 5.92 Å². The van der Waals surface area contributed by atoms with Crippen molar-refractivity contribution in [1.29, 1.82) is 0 Å². The summed E-state index contributed by atoms with van der Waals surface area (Å²) in [5.74, 6) is -1.21. The highest BCUT2D eigenvalue weighted by Crippen LogP contribution is 2.44. The second-order valence-electron chi connectivity index (χ2n) is 8.61. The second kappa shape index (κ2) is 9.22. The molecule has 1 saturated carbocycles. The Balaban J connectivity index is 1.77. The van der Waals surface area contributed by atoms with Gasteiger partial charge in [-0.1, -0.05) is 19.3 Å². The van der Waals surface area contributed by atoms with Gasteiger partial charge in [0.05, 0.1) is 5.54 Å². The van der Waals surface area contributed by atoms with Crippen LogP contribution in [0.4, 0.5) is 4.79 Å². The maximum absolute atomic E-state index is 13.0. The molecule has 0 aromatic rings. The molecule has 0 aromatic heterocycles. The number of ether oxygens (including phenoxy) is 1. The number of alkyl carbamates (subject to hydrolysis) is 1. The smallest absolute Gasteiger partial charge is 0.407 e. The third-order valence-corrected chi connectivity index (χ3v) is 7.10. The number of nitrogens with one attached hydrogen (secondary N) is 2. The van der Waals surface area contributed by atoms with Crippen LogP contribution in [-0.4, -0.2) is 79.0 Å². The van der Waals surface area contributed by atoms with Gasteiger partial charge in [0.2, 0.25) is 11.8 Å². The summed E-state index contributed by atoms with van der Waals surface area (Å²) in [5.41, 5.74) is -0.766. The predicted molar refractivity (Wildman–Crippen MR) is 109 cm³/mol. The Hall–Kier alpha value is -2.32. The molecule has 3 rings (SSSR count). The summed E-state index contributed by atoms with van der Waals surface area (Å²) < 4.78 is 5.38. The maximum atomic E-state index is 13.0. The van der Waals surface area contributed by atoms with Crippen LogP contribution in [0.1, 0.15) is 51.9 Å². The van der Waals surface area contributed by atoms with E-state index < -0.39 is 23.7 Å². The number of hydrogen-bond acceptors (Lipinski definition) is 5. The summed E-state index contributed by atoms with van der Waals surface area (Å²) in [6, 6.07) is 0. The zero-order valence-electron chi connectivity index (χ0n) is 18.2. The third kappa shape index (κ3) is 3.98. The van der Waals surface area contributed by atoms with Crippen molar-refractivity contribution < 1.29 is 23.9 Å². The number of amides is 4. The van der Waals surface area contributed by atoms with Crippen molar-refractivity contribution in [3.8, 4) is 0 Å². The van der Waals surface area contributed by atoms with Gasteiger partial charge in [0.25, 0.3) is 5.91 Å². The van der Waals surface area contributed by atoms with Crippen molar-refractivity contribution in [2.24, 2.45) is 11.8 Å². The normalized spacial score (nSPS) is 26.6. The number of hydrogen-bond donors (Lipinski definition) is 2. The van der Waals surface area contributed by atoms with Gasteiger partial charge in [-0.25, -0.2) is 4.79 Å². The predicted octanol–water partition coefficient (Wildman–Crippen LogP) is 0.877. The monoisotopic (exact) mass is 422 g/mol. The largest absolute Gasteiger partial charge is 0.435 e. The first kappa shape index (κ1) is 22.4. The van der Waals surface area contributed by atoms with E-state index in [0.29, 0.717) is 32.5 Å². The molecule has 9 heteroatoms. The number of rotatable bonds is 4. The van der Waals surface area contributed by atoms with Crippen LogP contribution in [-0.2, 0) is 19.1 Å². The summed E-state index contributed by atoms with van der Waals surface area (Å²) in [5, 5.41) is 5.15. The Kier molecular flexibility index (Phi) is 6.88. The highest BCUT2D eigenvalue weighted by atomic mass is 16.6. The molecule has 2 atom stereocenters. The lowest BCUT2D eigenvalue weighted by Crippen LogP contribution is -2.59. The second-order valence-corrected chi connectivity index (χ2v) is 8.61. The third-order valence-electron chi connectivity index (χ3n) is 7.10. The van der Waals surface area contributed by atoms with E-state index >= 15 is 0 Å². The van der Waals surface area contributed by atoms with Crippen molar-refractivity contribution in [3.05, 3.63) is 0 Å². The van der Waals surface area contributed by atoms with Gasteiger partial charge in [-0.2, -0.15) is 0 Å².